The van der Waals surface area contributed by atoms with Crippen LogP contribution < -0.4 is 5.63 Å². The molecule has 0 N–H and O–H groups in total. The molecular weight excluding hydrogens is 152 g/mol. The van der Waals surface area contributed by atoms with Crippen LogP contribution in [0.5, 0.6) is 0 Å². The Morgan fingerprint density at radius 2 is 2.00 bits per heavy atom. The standard InChI is InChI=1S/C10H14O2/c1-4-8-6-7(3)12-10(11)9(8)5-2/h6H,4-5H2,1-3H3. The third-order valence-electron chi connectivity index (χ3n) is 2.00. The molecule has 0 fully saturated rings. The van der Waals surface area contributed by atoms with E-state index in [1.807, 2.05) is 19.9 Å². The summed E-state index contributed by atoms with van der Waals surface area (Å²) in [4.78, 5) is 11.3. The van der Waals surface area contributed by atoms with Crippen molar-refractivity contribution < 1.29 is 4.42 Å². The highest BCUT2D eigenvalue weighted by atomic mass is 16.4. The molecule has 1 heterocycles. The third kappa shape index (κ3) is 1.58. The first-order valence-corrected chi connectivity index (χ1v) is 4.31. The van der Waals surface area contributed by atoms with Gasteiger partial charge in [0.1, 0.15) is 5.76 Å². The third-order valence-corrected chi connectivity index (χ3v) is 2.00. The molecule has 0 aromatic carbocycles. The van der Waals surface area contributed by atoms with Crippen LogP contribution in [0, 0.1) is 6.92 Å². The first-order valence-electron chi connectivity index (χ1n) is 4.31. The molecule has 0 saturated carbocycles. The van der Waals surface area contributed by atoms with Crippen LogP contribution in [0.4, 0.5) is 0 Å². The lowest BCUT2D eigenvalue weighted by molar-refractivity contribution is 0.470. The van der Waals surface area contributed by atoms with E-state index in [2.05, 4.69) is 0 Å². The van der Waals surface area contributed by atoms with Crippen LogP contribution in [0.1, 0.15) is 30.7 Å². The van der Waals surface area contributed by atoms with Crippen molar-refractivity contribution in [3.8, 4) is 0 Å². The van der Waals surface area contributed by atoms with Crippen molar-refractivity contribution in [3.05, 3.63) is 33.4 Å². The van der Waals surface area contributed by atoms with Gasteiger partial charge in [-0.1, -0.05) is 13.8 Å². The Bertz CT molecular complexity index is 323. The zero-order chi connectivity index (χ0) is 9.14. The van der Waals surface area contributed by atoms with Crippen molar-refractivity contribution in [2.45, 2.75) is 33.6 Å². The molecule has 66 valence electrons. The second-order valence-electron chi connectivity index (χ2n) is 2.86. The largest absolute Gasteiger partial charge is 0.428 e. The van der Waals surface area contributed by atoms with Crippen LogP contribution in [-0.2, 0) is 12.8 Å². The molecule has 0 atom stereocenters. The summed E-state index contributed by atoms with van der Waals surface area (Å²) in [6.07, 6.45) is 1.65. The van der Waals surface area contributed by atoms with Gasteiger partial charge in [-0.2, -0.15) is 0 Å². The van der Waals surface area contributed by atoms with E-state index in [0.29, 0.717) is 5.76 Å². The molecule has 12 heavy (non-hydrogen) atoms. The van der Waals surface area contributed by atoms with Gasteiger partial charge in [0.2, 0.25) is 0 Å². The predicted molar refractivity (Wildman–Crippen MR) is 48.5 cm³/mol. The Hall–Kier alpha value is -1.05. The normalized spacial score (nSPS) is 10.2. The summed E-state index contributed by atoms with van der Waals surface area (Å²) in [6, 6.07) is 1.94. The fourth-order valence-corrected chi connectivity index (χ4v) is 1.39. The SMILES string of the molecule is CCc1cc(C)oc(=O)c1CC. The zero-order valence-corrected chi connectivity index (χ0v) is 7.81. The summed E-state index contributed by atoms with van der Waals surface area (Å²) in [7, 11) is 0. The molecule has 1 rings (SSSR count). The maximum absolute atomic E-state index is 11.3. The highest BCUT2D eigenvalue weighted by Gasteiger charge is 2.05. The van der Waals surface area contributed by atoms with E-state index in [9.17, 15) is 4.79 Å². The van der Waals surface area contributed by atoms with Gasteiger partial charge in [0.25, 0.3) is 0 Å². The highest BCUT2D eigenvalue weighted by Crippen LogP contribution is 2.08. The molecule has 0 aliphatic rings. The summed E-state index contributed by atoms with van der Waals surface area (Å²) in [5.74, 6) is 0.703. The Kier molecular flexibility index (Phi) is 2.69. The molecule has 2 heteroatoms. The smallest absolute Gasteiger partial charge is 0.339 e. The second kappa shape index (κ2) is 3.57. The Balaban J connectivity index is 3.34. The van der Waals surface area contributed by atoms with Gasteiger partial charge in [-0.15, -0.1) is 0 Å². The predicted octanol–water partition coefficient (Wildman–Crippen LogP) is 2.07. The van der Waals surface area contributed by atoms with Gasteiger partial charge < -0.3 is 4.42 Å². The topological polar surface area (TPSA) is 30.2 Å². The maximum Gasteiger partial charge on any atom is 0.339 e. The first-order chi connectivity index (χ1) is 5.69. The van der Waals surface area contributed by atoms with Crippen molar-refractivity contribution in [1.29, 1.82) is 0 Å². The van der Waals surface area contributed by atoms with Crippen molar-refractivity contribution in [1.82, 2.24) is 0 Å². The van der Waals surface area contributed by atoms with E-state index in [1.165, 1.54) is 0 Å². The molecule has 1 aromatic heterocycles. The summed E-state index contributed by atoms with van der Waals surface area (Å²) in [5, 5.41) is 0. The minimum Gasteiger partial charge on any atom is -0.428 e. The quantitative estimate of drug-likeness (QED) is 0.673. The minimum atomic E-state index is -0.172. The van der Waals surface area contributed by atoms with E-state index < -0.39 is 0 Å². The van der Waals surface area contributed by atoms with Gasteiger partial charge in [0.05, 0.1) is 0 Å². The van der Waals surface area contributed by atoms with Crippen LogP contribution in [0.15, 0.2) is 15.3 Å². The molecular formula is C10H14O2. The van der Waals surface area contributed by atoms with Gasteiger partial charge in [-0.25, -0.2) is 4.79 Å². The Labute approximate surface area is 72.2 Å². The molecule has 0 aliphatic heterocycles. The van der Waals surface area contributed by atoms with E-state index in [1.54, 1.807) is 6.92 Å². The van der Waals surface area contributed by atoms with Gasteiger partial charge in [-0.3, -0.25) is 0 Å². The molecule has 0 amide bonds. The molecule has 0 spiro atoms. The van der Waals surface area contributed by atoms with Crippen LogP contribution in [0.2, 0.25) is 0 Å². The lowest BCUT2D eigenvalue weighted by atomic mass is 10.1. The zero-order valence-electron chi connectivity index (χ0n) is 7.81. The molecule has 1 aromatic rings. The van der Waals surface area contributed by atoms with Crippen molar-refractivity contribution >= 4 is 0 Å². The average molecular weight is 166 g/mol. The highest BCUT2D eigenvalue weighted by molar-refractivity contribution is 5.24. The van der Waals surface area contributed by atoms with E-state index in [4.69, 9.17) is 4.42 Å². The van der Waals surface area contributed by atoms with Crippen molar-refractivity contribution in [2.75, 3.05) is 0 Å². The van der Waals surface area contributed by atoms with Gasteiger partial charge in [-0.05, 0) is 31.4 Å². The Morgan fingerprint density at radius 3 is 2.50 bits per heavy atom. The maximum atomic E-state index is 11.3. The fourth-order valence-electron chi connectivity index (χ4n) is 1.39. The molecule has 2 nitrogen and oxygen atoms in total. The summed E-state index contributed by atoms with van der Waals surface area (Å²) in [5.41, 5.74) is 1.77. The van der Waals surface area contributed by atoms with Crippen molar-refractivity contribution in [3.63, 3.8) is 0 Å². The molecule has 0 saturated heterocycles. The second-order valence-corrected chi connectivity index (χ2v) is 2.86. The lowest BCUT2D eigenvalue weighted by Crippen LogP contribution is -2.10. The summed E-state index contributed by atoms with van der Waals surface area (Å²) in [6.45, 7) is 5.83. The summed E-state index contributed by atoms with van der Waals surface area (Å²) < 4.78 is 4.99. The lowest BCUT2D eigenvalue weighted by Gasteiger charge is -2.03. The van der Waals surface area contributed by atoms with E-state index in [0.717, 1.165) is 24.0 Å². The number of aryl methyl sites for hydroxylation is 2. The molecule has 0 unspecified atom stereocenters. The van der Waals surface area contributed by atoms with Gasteiger partial charge in [0, 0.05) is 5.56 Å². The number of hydrogen-bond donors (Lipinski definition) is 0. The molecule has 0 aliphatic carbocycles. The van der Waals surface area contributed by atoms with Crippen LogP contribution >= 0.6 is 0 Å². The van der Waals surface area contributed by atoms with Crippen LogP contribution in [0.25, 0.3) is 0 Å². The fraction of sp³-hybridized carbons (Fsp3) is 0.500. The molecule has 0 radical (unpaired) electrons. The Morgan fingerprint density at radius 1 is 1.33 bits per heavy atom. The van der Waals surface area contributed by atoms with Crippen molar-refractivity contribution in [2.24, 2.45) is 0 Å². The first kappa shape index (κ1) is 9.04. The number of rotatable bonds is 2. The van der Waals surface area contributed by atoms with Gasteiger partial charge >= 0.3 is 5.63 Å². The average Bonchev–Trinajstić information content (AvgIpc) is 2.03. The van der Waals surface area contributed by atoms with E-state index >= 15 is 0 Å². The van der Waals surface area contributed by atoms with Gasteiger partial charge in [0.15, 0.2) is 0 Å². The monoisotopic (exact) mass is 166 g/mol. The molecule has 0 bridgehead atoms. The number of hydrogen-bond acceptors (Lipinski definition) is 2. The summed E-state index contributed by atoms with van der Waals surface area (Å²) >= 11 is 0. The van der Waals surface area contributed by atoms with Crippen LogP contribution in [-0.4, -0.2) is 0 Å². The van der Waals surface area contributed by atoms with E-state index in [-0.39, 0.29) is 5.63 Å². The minimum absolute atomic E-state index is 0.172. The van der Waals surface area contributed by atoms with Crippen LogP contribution in [0.3, 0.4) is 0 Å².